The van der Waals surface area contributed by atoms with Crippen molar-refractivity contribution in [3.8, 4) is 10.6 Å². The second-order valence-electron chi connectivity index (χ2n) is 6.83. The second kappa shape index (κ2) is 7.71. The molecule has 6 nitrogen and oxygen atoms in total. The molecule has 3 aromatic rings. The van der Waals surface area contributed by atoms with Crippen LogP contribution in [0.2, 0.25) is 0 Å². The van der Waals surface area contributed by atoms with Crippen LogP contribution in [-0.4, -0.2) is 44.1 Å². The standard InChI is InChI=1S/C19H18F3N3O3S2/c1-13-17(12-16(29-13)15-11-18(28-23-15)19(20,21)22)30(26,27)25-9-7-24(8-10-25)14-5-3-2-4-6-14/h2-6,11-12H,7-10H2,1H3. The van der Waals surface area contributed by atoms with E-state index >= 15 is 0 Å². The third-order valence-corrected chi connectivity index (χ3v) is 8.12. The molecular weight excluding hydrogens is 439 g/mol. The van der Waals surface area contributed by atoms with Gasteiger partial charge in [0, 0.05) is 42.8 Å². The van der Waals surface area contributed by atoms with Crippen LogP contribution >= 0.6 is 11.3 Å². The maximum Gasteiger partial charge on any atom is 0.452 e. The van der Waals surface area contributed by atoms with E-state index in [9.17, 15) is 21.6 Å². The van der Waals surface area contributed by atoms with Crippen molar-refractivity contribution in [2.24, 2.45) is 0 Å². The summed E-state index contributed by atoms with van der Waals surface area (Å²) in [6, 6.07) is 11.9. The molecule has 160 valence electrons. The molecule has 4 rings (SSSR count). The summed E-state index contributed by atoms with van der Waals surface area (Å²) in [6.45, 7) is 3.38. The molecule has 1 aliphatic rings. The van der Waals surface area contributed by atoms with Crippen molar-refractivity contribution in [1.29, 1.82) is 0 Å². The van der Waals surface area contributed by atoms with Crippen LogP contribution in [0.1, 0.15) is 10.6 Å². The fraction of sp³-hybridized carbons (Fsp3) is 0.316. The zero-order valence-electron chi connectivity index (χ0n) is 15.9. The Morgan fingerprint density at radius 2 is 1.73 bits per heavy atom. The highest BCUT2D eigenvalue weighted by atomic mass is 32.2. The average Bonchev–Trinajstić information content (AvgIpc) is 3.36. The Bertz CT molecular complexity index is 1130. The molecular formula is C19H18F3N3O3S2. The van der Waals surface area contributed by atoms with Gasteiger partial charge in [-0.3, -0.25) is 0 Å². The highest BCUT2D eigenvalue weighted by molar-refractivity contribution is 7.89. The predicted octanol–water partition coefficient (Wildman–Crippen LogP) is 4.24. The van der Waals surface area contributed by atoms with Crippen molar-refractivity contribution in [3.05, 3.63) is 53.1 Å². The van der Waals surface area contributed by atoms with Gasteiger partial charge in [-0.1, -0.05) is 23.4 Å². The molecule has 0 atom stereocenters. The average molecular weight is 457 g/mol. The van der Waals surface area contributed by atoms with Crippen LogP contribution in [0.3, 0.4) is 0 Å². The molecule has 1 fully saturated rings. The fourth-order valence-corrected chi connectivity index (χ4v) is 6.27. The quantitative estimate of drug-likeness (QED) is 0.586. The Balaban J connectivity index is 1.53. The lowest BCUT2D eigenvalue weighted by Gasteiger charge is -2.35. The summed E-state index contributed by atoms with van der Waals surface area (Å²) in [5.74, 6) is -1.22. The topological polar surface area (TPSA) is 66.7 Å². The van der Waals surface area contributed by atoms with E-state index in [0.29, 0.717) is 35.9 Å². The molecule has 0 spiro atoms. The number of rotatable bonds is 4. The number of piperazine rings is 1. The number of thiophene rings is 1. The highest BCUT2D eigenvalue weighted by Gasteiger charge is 2.37. The predicted molar refractivity (Wildman–Crippen MR) is 107 cm³/mol. The lowest BCUT2D eigenvalue weighted by molar-refractivity contribution is -0.155. The van der Waals surface area contributed by atoms with E-state index in [2.05, 4.69) is 14.6 Å². The maximum absolute atomic E-state index is 13.2. The van der Waals surface area contributed by atoms with E-state index in [1.807, 2.05) is 30.3 Å². The molecule has 0 bridgehead atoms. The van der Waals surface area contributed by atoms with Crippen LogP contribution in [-0.2, 0) is 16.2 Å². The Kier molecular flexibility index (Phi) is 5.37. The van der Waals surface area contributed by atoms with Gasteiger partial charge in [-0.2, -0.15) is 17.5 Å². The Hall–Kier alpha value is -2.37. The van der Waals surface area contributed by atoms with Crippen LogP contribution in [0.4, 0.5) is 18.9 Å². The molecule has 1 saturated heterocycles. The van der Waals surface area contributed by atoms with Gasteiger partial charge in [-0.25, -0.2) is 8.42 Å². The van der Waals surface area contributed by atoms with Crippen molar-refractivity contribution >= 4 is 27.0 Å². The minimum atomic E-state index is -4.65. The summed E-state index contributed by atoms with van der Waals surface area (Å²) in [5.41, 5.74) is 1.00. The van der Waals surface area contributed by atoms with Gasteiger partial charge in [-0.15, -0.1) is 11.3 Å². The molecule has 11 heteroatoms. The smallest absolute Gasteiger partial charge is 0.369 e. The zero-order valence-corrected chi connectivity index (χ0v) is 17.5. The molecule has 0 aliphatic carbocycles. The van der Waals surface area contributed by atoms with Crippen LogP contribution in [0.5, 0.6) is 0 Å². The number of hydrogen-bond donors (Lipinski definition) is 0. The Labute approximate surface area is 175 Å². The fourth-order valence-electron chi connectivity index (χ4n) is 3.34. The second-order valence-corrected chi connectivity index (χ2v) is 9.99. The Morgan fingerprint density at radius 1 is 1.07 bits per heavy atom. The van der Waals surface area contributed by atoms with E-state index in [1.165, 1.54) is 10.4 Å². The van der Waals surface area contributed by atoms with Gasteiger partial charge in [0.15, 0.2) is 0 Å². The number of para-hydroxylation sites is 1. The highest BCUT2D eigenvalue weighted by Crippen LogP contribution is 2.37. The summed E-state index contributed by atoms with van der Waals surface area (Å²) in [5, 5.41) is 3.45. The molecule has 0 saturated carbocycles. The number of aryl methyl sites for hydroxylation is 1. The number of halogens is 3. The van der Waals surface area contributed by atoms with Gasteiger partial charge < -0.3 is 9.42 Å². The molecule has 0 N–H and O–H groups in total. The van der Waals surface area contributed by atoms with Crippen LogP contribution < -0.4 is 4.90 Å². The number of hydrogen-bond acceptors (Lipinski definition) is 6. The largest absolute Gasteiger partial charge is 0.452 e. The van der Waals surface area contributed by atoms with E-state index < -0.39 is 22.0 Å². The summed E-state index contributed by atoms with van der Waals surface area (Å²) in [4.78, 5) is 3.01. The van der Waals surface area contributed by atoms with Gasteiger partial charge in [0.1, 0.15) is 5.69 Å². The third-order valence-electron chi connectivity index (χ3n) is 4.89. The van der Waals surface area contributed by atoms with Gasteiger partial charge in [0.05, 0.1) is 9.77 Å². The summed E-state index contributed by atoms with van der Waals surface area (Å²) in [6.07, 6.45) is -4.65. The van der Waals surface area contributed by atoms with Gasteiger partial charge >= 0.3 is 6.18 Å². The summed E-state index contributed by atoms with van der Waals surface area (Å²) in [7, 11) is -3.77. The first kappa shape index (κ1) is 20.9. The van der Waals surface area contributed by atoms with Crippen molar-refractivity contribution < 1.29 is 26.1 Å². The summed E-state index contributed by atoms with van der Waals surface area (Å²) >= 11 is 1.07. The SMILES string of the molecule is Cc1sc(-c2cc(C(F)(F)F)on2)cc1S(=O)(=O)N1CCN(c2ccccc2)CC1. The van der Waals surface area contributed by atoms with Crippen molar-refractivity contribution in [2.45, 2.75) is 18.0 Å². The minimum Gasteiger partial charge on any atom is -0.369 e. The van der Waals surface area contributed by atoms with Crippen LogP contribution in [0.15, 0.2) is 51.9 Å². The number of aromatic nitrogens is 1. The molecule has 30 heavy (non-hydrogen) atoms. The first-order valence-corrected chi connectivity index (χ1v) is 11.4. The van der Waals surface area contributed by atoms with Crippen molar-refractivity contribution in [3.63, 3.8) is 0 Å². The third kappa shape index (κ3) is 3.96. The minimum absolute atomic E-state index is 0.0363. The van der Waals surface area contributed by atoms with E-state index in [1.54, 1.807) is 6.92 Å². The number of nitrogens with zero attached hydrogens (tertiary/aromatic N) is 3. The Morgan fingerprint density at radius 3 is 2.33 bits per heavy atom. The van der Waals surface area contributed by atoms with E-state index in [-0.39, 0.29) is 10.6 Å². The monoisotopic (exact) mass is 457 g/mol. The van der Waals surface area contributed by atoms with Crippen molar-refractivity contribution in [2.75, 3.05) is 31.1 Å². The number of benzene rings is 1. The molecule has 0 amide bonds. The zero-order chi connectivity index (χ0) is 21.5. The first-order valence-electron chi connectivity index (χ1n) is 9.11. The molecule has 1 aromatic carbocycles. The van der Waals surface area contributed by atoms with Crippen molar-refractivity contribution in [1.82, 2.24) is 9.46 Å². The first-order chi connectivity index (χ1) is 14.2. The maximum atomic E-state index is 13.2. The van der Waals surface area contributed by atoms with Crippen LogP contribution in [0, 0.1) is 6.92 Å². The van der Waals surface area contributed by atoms with E-state index in [0.717, 1.165) is 23.1 Å². The number of sulfonamides is 1. The summed E-state index contributed by atoms with van der Waals surface area (Å²) < 4.78 is 70.3. The lowest BCUT2D eigenvalue weighted by atomic mass is 10.2. The lowest BCUT2D eigenvalue weighted by Crippen LogP contribution is -2.48. The molecule has 2 aromatic heterocycles. The molecule has 1 aliphatic heterocycles. The molecule has 3 heterocycles. The van der Waals surface area contributed by atoms with Crippen LogP contribution in [0.25, 0.3) is 10.6 Å². The molecule has 0 radical (unpaired) electrons. The van der Waals surface area contributed by atoms with Gasteiger partial charge in [0.2, 0.25) is 15.8 Å². The molecule has 0 unspecified atom stereocenters. The normalized spacial score (nSPS) is 16.2. The van der Waals surface area contributed by atoms with E-state index in [4.69, 9.17) is 0 Å². The number of alkyl halides is 3. The van der Waals surface area contributed by atoms with Gasteiger partial charge in [-0.05, 0) is 25.1 Å². The number of anilines is 1. The van der Waals surface area contributed by atoms with Gasteiger partial charge in [0.25, 0.3) is 0 Å².